The van der Waals surface area contributed by atoms with Crippen molar-refractivity contribution in [1.82, 2.24) is 10.3 Å². The Kier molecular flexibility index (Phi) is 4.18. The van der Waals surface area contributed by atoms with Gasteiger partial charge in [-0.25, -0.2) is 0 Å². The number of pyridine rings is 1. The average molecular weight is 311 g/mol. The van der Waals surface area contributed by atoms with Crippen LogP contribution in [-0.4, -0.2) is 18.6 Å². The highest BCUT2D eigenvalue weighted by Gasteiger charge is 2.13. The molecule has 2 aromatic heterocycles. The molecule has 0 bridgehead atoms. The number of furan rings is 1. The largest absolute Gasteiger partial charge is 0.454 e. The Hall–Kier alpha value is -2.24. The van der Waals surface area contributed by atoms with Crippen LogP contribution in [0.15, 0.2) is 58.1 Å². The topological polar surface area (TPSA) is 64.1 Å². The molecule has 0 unspecified atom stereocenters. The van der Waals surface area contributed by atoms with Gasteiger partial charge in [0.15, 0.2) is 5.58 Å². The van der Waals surface area contributed by atoms with Gasteiger partial charge in [-0.3, -0.25) is 4.98 Å². The van der Waals surface area contributed by atoms with Crippen LogP contribution in [0, 0.1) is 0 Å². The van der Waals surface area contributed by atoms with Crippen LogP contribution in [0.3, 0.4) is 0 Å². The molecule has 0 saturated carbocycles. The number of nitrogens with one attached hydrogen (secondary N) is 1. The molecule has 22 heavy (non-hydrogen) atoms. The van der Waals surface area contributed by atoms with Crippen molar-refractivity contribution < 1.29 is 4.42 Å². The predicted molar refractivity (Wildman–Crippen MR) is 92.8 cm³/mol. The van der Waals surface area contributed by atoms with Crippen LogP contribution in [0.25, 0.3) is 27.8 Å². The van der Waals surface area contributed by atoms with Crippen LogP contribution in [0.1, 0.15) is 5.76 Å². The Bertz CT molecular complexity index is 839. The first kappa shape index (κ1) is 14.7. The maximum atomic E-state index is 6.02. The van der Waals surface area contributed by atoms with Crippen molar-refractivity contribution in [3.05, 3.63) is 54.6 Å². The quantitative estimate of drug-likeness (QED) is 0.647. The van der Waals surface area contributed by atoms with E-state index in [4.69, 9.17) is 10.2 Å². The minimum absolute atomic E-state index is 0.391. The van der Waals surface area contributed by atoms with Crippen LogP contribution in [0.4, 0.5) is 0 Å². The van der Waals surface area contributed by atoms with Crippen LogP contribution in [0.5, 0.6) is 0 Å². The zero-order valence-electron chi connectivity index (χ0n) is 12.2. The number of nitrogens with zero attached hydrogens (tertiary/aromatic N) is 1. The molecule has 3 N–H and O–H groups in total. The summed E-state index contributed by atoms with van der Waals surface area (Å²) in [5, 5.41) is 2.98. The summed E-state index contributed by atoms with van der Waals surface area (Å²) in [6.07, 6.45) is 3.62. The summed E-state index contributed by atoms with van der Waals surface area (Å²) < 4.78 is 6.02. The van der Waals surface area contributed by atoms with Crippen LogP contribution >= 0.6 is 12.6 Å². The number of hydrogen-bond donors (Lipinski definition) is 3. The molecule has 0 saturated heterocycles. The summed E-state index contributed by atoms with van der Waals surface area (Å²) in [5.41, 5.74) is 10.3. The van der Waals surface area contributed by atoms with E-state index in [1.54, 1.807) is 6.20 Å². The van der Waals surface area contributed by atoms with Gasteiger partial charge in [0.25, 0.3) is 0 Å². The zero-order valence-corrected chi connectivity index (χ0v) is 13.1. The summed E-state index contributed by atoms with van der Waals surface area (Å²) in [5.74, 6) is 0.730. The molecule has 2 heterocycles. The molecular formula is C17H17N3OS. The molecule has 5 heteroatoms. The molecule has 3 rings (SSSR count). The second-order valence-electron chi connectivity index (χ2n) is 4.90. The molecule has 0 aliphatic rings. The number of aromatic nitrogens is 1. The molecule has 1 aromatic carbocycles. The first-order valence-electron chi connectivity index (χ1n) is 6.97. The molecule has 0 atom stereocenters. The van der Waals surface area contributed by atoms with Crippen molar-refractivity contribution in [2.75, 3.05) is 13.6 Å². The molecule has 0 radical (unpaired) electrons. The van der Waals surface area contributed by atoms with E-state index < -0.39 is 0 Å². The minimum atomic E-state index is 0.391. The lowest BCUT2D eigenvalue weighted by Gasteiger charge is -2.03. The fraction of sp³-hybridized carbons (Fsp3) is 0.118. The fourth-order valence-corrected chi connectivity index (χ4v) is 2.63. The number of fused-ring (bicyclic) bond motifs is 1. The Labute approximate surface area is 134 Å². The van der Waals surface area contributed by atoms with E-state index >= 15 is 0 Å². The Morgan fingerprint density at radius 2 is 2.23 bits per heavy atom. The van der Waals surface area contributed by atoms with Gasteiger partial charge in [0, 0.05) is 48.1 Å². The van der Waals surface area contributed by atoms with Crippen molar-refractivity contribution in [3.63, 3.8) is 0 Å². The van der Waals surface area contributed by atoms with E-state index in [-0.39, 0.29) is 0 Å². The van der Waals surface area contributed by atoms with Gasteiger partial charge in [-0.1, -0.05) is 12.1 Å². The number of rotatable bonds is 4. The molecule has 0 amide bonds. The highest BCUT2D eigenvalue weighted by atomic mass is 32.1. The summed E-state index contributed by atoms with van der Waals surface area (Å²) in [4.78, 5) is 5.30. The van der Waals surface area contributed by atoms with Gasteiger partial charge in [-0.05, 0) is 23.8 Å². The summed E-state index contributed by atoms with van der Waals surface area (Å²) in [7, 11) is 1.83. The van der Waals surface area contributed by atoms with E-state index in [0.29, 0.717) is 6.54 Å². The standard InChI is InChI=1S/C17H17N3OS/c1-19-10-12(9-18)16-8-15-17(21-16)14(5-6-20-15)11-3-2-4-13(22)7-11/h2-8,10,19,22H,9,18H2,1H3/b12-10+. The fourth-order valence-electron chi connectivity index (χ4n) is 2.40. The monoisotopic (exact) mass is 311 g/mol. The summed E-state index contributed by atoms with van der Waals surface area (Å²) >= 11 is 4.40. The second-order valence-corrected chi connectivity index (χ2v) is 5.41. The first-order chi connectivity index (χ1) is 10.7. The highest BCUT2D eigenvalue weighted by Crippen LogP contribution is 2.32. The Morgan fingerprint density at radius 3 is 2.95 bits per heavy atom. The predicted octanol–water partition coefficient (Wildman–Crippen LogP) is 3.30. The van der Waals surface area contributed by atoms with E-state index in [9.17, 15) is 0 Å². The smallest absolute Gasteiger partial charge is 0.161 e. The third-order valence-electron chi connectivity index (χ3n) is 3.42. The lowest BCUT2D eigenvalue weighted by Crippen LogP contribution is -2.05. The minimum Gasteiger partial charge on any atom is -0.454 e. The number of hydrogen-bond acceptors (Lipinski definition) is 5. The average Bonchev–Trinajstić information content (AvgIpc) is 2.96. The van der Waals surface area contributed by atoms with Crippen LogP contribution in [0.2, 0.25) is 0 Å². The third-order valence-corrected chi connectivity index (χ3v) is 3.70. The Balaban J connectivity index is 2.17. The van der Waals surface area contributed by atoms with Crippen molar-refractivity contribution in [2.24, 2.45) is 5.73 Å². The summed E-state index contributed by atoms with van der Waals surface area (Å²) in [6, 6.07) is 11.8. The van der Waals surface area contributed by atoms with Crippen LogP contribution in [-0.2, 0) is 0 Å². The molecule has 0 fully saturated rings. The number of thiol groups is 1. The zero-order chi connectivity index (χ0) is 15.5. The number of benzene rings is 1. The molecule has 0 aliphatic heterocycles. The molecular weight excluding hydrogens is 294 g/mol. The van der Waals surface area contributed by atoms with Gasteiger partial charge in [0.2, 0.25) is 0 Å². The van der Waals surface area contributed by atoms with E-state index in [0.717, 1.165) is 38.5 Å². The van der Waals surface area contributed by atoms with E-state index in [1.165, 1.54) is 0 Å². The number of nitrogens with two attached hydrogens (primary N) is 1. The summed E-state index contributed by atoms with van der Waals surface area (Å²) in [6.45, 7) is 0.391. The van der Waals surface area contributed by atoms with Crippen molar-refractivity contribution in [1.29, 1.82) is 0 Å². The molecule has 112 valence electrons. The van der Waals surface area contributed by atoms with Crippen molar-refractivity contribution in [2.45, 2.75) is 4.90 Å². The van der Waals surface area contributed by atoms with Crippen LogP contribution < -0.4 is 11.1 Å². The van der Waals surface area contributed by atoms with Gasteiger partial charge in [-0.2, -0.15) is 0 Å². The van der Waals surface area contributed by atoms with Gasteiger partial charge in [0.1, 0.15) is 11.3 Å². The van der Waals surface area contributed by atoms with Gasteiger partial charge in [-0.15, -0.1) is 12.6 Å². The second kappa shape index (κ2) is 6.25. The van der Waals surface area contributed by atoms with Gasteiger partial charge >= 0.3 is 0 Å². The van der Waals surface area contributed by atoms with Crippen molar-refractivity contribution >= 4 is 29.3 Å². The first-order valence-corrected chi connectivity index (χ1v) is 7.42. The normalized spacial score (nSPS) is 11.9. The molecule has 4 nitrogen and oxygen atoms in total. The third kappa shape index (κ3) is 2.73. The maximum Gasteiger partial charge on any atom is 0.161 e. The lowest BCUT2D eigenvalue weighted by molar-refractivity contribution is 0.598. The lowest BCUT2D eigenvalue weighted by atomic mass is 10.1. The molecule has 0 spiro atoms. The highest BCUT2D eigenvalue weighted by molar-refractivity contribution is 7.80. The molecule has 0 aliphatic carbocycles. The SMILES string of the molecule is CN/C=C(\CN)c1cc2nccc(-c3cccc(S)c3)c2o1. The maximum absolute atomic E-state index is 6.02. The molecule has 3 aromatic rings. The van der Waals surface area contributed by atoms with E-state index in [2.05, 4.69) is 22.9 Å². The van der Waals surface area contributed by atoms with Gasteiger partial charge < -0.3 is 15.5 Å². The Morgan fingerprint density at radius 1 is 1.36 bits per heavy atom. The van der Waals surface area contributed by atoms with Crippen molar-refractivity contribution in [3.8, 4) is 11.1 Å². The van der Waals surface area contributed by atoms with Gasteiger partial charge in [0.05, 0.1) is 0 Å². The van der Waals surface area contributed by atoms with E-state index in [1.807, 2.05) is 49.6 Å².